The second-order valence-electron chi connectivity index (χ2n) is 4.88. The Morgan fingerprint density at radius 1 is 0.955 bits per heavy atom. The van der Waals surface area contributed by atoms with Crippen molar-refractivity contribution in [3.05, 3.63) is 65.2 Å². The Morgan fingerprint density at radius 3 is 2.32 bits per heavy atom. The highest BCUT2D eigenvalue weighted by Gasteiger charge is 2.13. The van der Waals surface area contributed by atoms with Crippen LogP contribution in [0.4, 0.5) is 5.69 Å². The standard InChI is InChI=1S/C17H17N3O2/c1-12-7-9-14(10-8-12)11-18-20-17(22)16(21)19-15-6-4-3-5-13(15)2/h3-11H,1-2H3,(H,19,21)(H,20,22). The van der Waals surface area contributed by atoms with Crippen molar-refractivity contribution in [2.45, 2.75) is 13.8 Å². The number of carbonyl (C=O) groups is 2. The maximum absolute atomic E-state index is 11.8. The number of nitrogens with one attached hydrogen (secondary N) is 2. The number of hydrogen-bond donors (Lipinski definition) is 2. The highest BCUT2D eigenvalue weighted by atomic mass is 16.2. The van der Waals surface area contributed by atoms with Gasteiger partial charge in [-0.25, -0.2) is 5.43 Å². The molecule has 5 nitrogen and oxygen atoms in total. The van der Waals surface area contributed by atoms with Gasteiger partial charge >= 0.3 is 11.8 Å². The summed E-state index contributed by atoms with van der Waals surface area (Å²) in [6.07, 6.45) is 1.48. The van der Waals surface area contributed by atoms with Crippen molar-refractivity contribution in [1.29, 1.82) is 0 Å². The van der Waals surface area contributed by atoms with Crippen LogP contribution in [-0.2, 0) is 9.59 Å². The minimum Gasteiger partial charge on any atom is -0.317 e. The number of rotatable bonds is 3. The highest BCUT2D eigenvalue weighted by molar-refractivity contribution is 6.39. The van der Waals surface area contributed by atoms with Crippen molar-refractivity contribution in [3.8, 4) is 0 Å². The average Bonchev–Trinajstić information content (AvgIpc) is 2.51. The molecule has 0 atom stereocenters. The lowest BCUT2D eigenvalue weighted by atomic mass is 10.2. The van der Waals surface area contributed by atoms with Gasteiger partial charge in [0.05, 0.1) is 6.21 Å². The second kappa shape index (κ2) is 7.17. The zero-order chi connectivity index (χ0) is 15.9. The lowest BCUT2D eigenvalue weighted by Gasteiger charge is -2.06. The monoisotopic (exact) mass is 295 g/mol. The molecule has 0 spiro atoms. The summed E-state index contributed by atoms with van der Waals surface area (Å²) in [7, 11) is 0. The molecule has 2 aromatic carbocycles. The number of carbonyl (C=O) groups excluding carboxylic acids is 2. The van der Waals surface area contributed by atoms with Crippen molar-refractivity contribution in [2.75, 3.05) is 5.32 Å². The van der Waals surface area contributed by atoms with E-state index >= 15 is 0 Å². The van der Waals surface area contributed by atoms with Crippen molar-refractivity contribution in [2.24, 2.45) is 5.10 Å². The molecule has 0 saturated carbocycles. The summed E-state index contributed by atoms with van der Waals surface area (Å²) in [6, 6.07) is 14.9. The molecule has 0 unspecified atom stereocenters. The molecule has 2 N–H and O–H groups in total. The lowest BCUT2D eigenvalue weighted by Crippen LogP contribution is -2.32. The predicted molar refractivity (Wildman–Crippen MR) is 86.7 cm³/mol. The molecule has 0 heterocycles. The number of aryl methyl sites for hydroxylation is 2. The van der Waals surface area contributed by atoms with Gasteiger partial charge in [-0.3, -0.25) is 9.59 Å². The Bertz CT molecular complexity index is 706. The number of para-hydroxylation sites is 1. The predicted octanol–water partition coefficient (Wildman–Crippen LogP) is 2.39. The Hall–Kier alpha value is -2.95. The molecule has 2 rings (SSSR count). The quantitative estimate of drug-likeness (QED) is 0.518. The third kappa shape index (κ3) is 4.28. The van der Waals surface area contributed by atoms with E-state index in [9.17, 15) is 9.59 Å². The molecule has 0 bridgehead atoms. The van der Waals surface area contributed by atoms with E-state index in [1.54, 1.807) is 12.1 Å². The van der Waals surface area contributed by atoms with Gasteiger partial charge in [0.25, 0.3) is 0 Å². The van der Waals surface area contributed by atoms with E-state index in [0.717, 1.165) is 16.7 Å². The molecule has 0 aliphatic rings. The van der Waals surface area contributed by atoms with Gasteiger partial charge in [-0.05, 0) is 31.0 Å². The van der Waals surface area contributed by atoms with Crippen LogP contribution in [0.2, 0.25) is 0 Å². The number of nitrogens with zero attached hydrogens (tertiary/aromatic N) is 1. The number of benzene rings is 2. The van der Waals surface area contributed by atoms with E-state index in [0.29, 0.717) is 5.69 Å². The summed E-state index contributed by atoms with van der Waals surface area (Å²) in [5, 5.41) is 6.31. The molecule has 22 heavy (non-hydrogen) atoms. The minimum atomic E-state index is -0.813. The fourth-order valence-electron chi connectivity index (χ4n) is 1.76. The zero-order valence-electron chi connectivity index (χ0n) is 12.5. The number of amides is 2. The molecule has 0 aromatic heterocycles. The molecule has 112 valence electrons. The first-order valence-corrected chi connectivity index (χ1v) is 6.83. The Kier molecular flexibility index (Phi) is 5.03. The van der Waals surface area contributed by atoms with E-state index in [-0.39, 0.29) is 0 Å². The fraction of sp³-hybridized carbons (Fsp3) is 0.118. The minimum absolute atomic E-state index is 0.602. The summed E-state index contributed by atoms with van der Waals surface area (Å²) in [5.41, 5.74) is 5.66. The van der Waals surface area contributed by atoms with Crippen LogP contribution in [-0.4, -0.2) is 18.0 Å². The normalized spacial score (nSPS) is 10.5. The van der Waals surface area contributed by atoms with Crippen molar-refractivity contribution in [1.82, 2.24) is 5.43 Å². The van der Waals surface area contributed by atoms with Crippen LogP contribution in [0.25, 0.3) is 0 Å². The van der Waals surface area contributed by atoms with Crippen LogP contribution >= 0.6 is 0 Å². The van der Waals surface area contributed by atoms with E-state index < -0.39 is 11.8 Å². The third-order valence-electron chi connectivity index (χ3n) is 3.06. The molecule has 0 fully saturated rings. The zero-order valence-corrected chi connectivity index (χ0v) is 12.5. The van der Waals surface area contributed by atoms with Gasteiger partial charge in [0, 0.05) is 5.69 Å². The lowest BCUT2D eigenvalue weighted by molar-refractivity contribution is -0.136. The summed E-state index contributed by atoms with van der Waals surface area (Å²) in [5.74, 6) is -1.57. The Morgan fingerprint density at radius 2 is 1.64 bits per heavy atom. The summed E-state index contributed by atoms with van der Waals surface area (Å²) in [4.78, 5) is 23.4. The molecule has 0 aliphatic carbocycles. The summed E-state index contributed by atoms with van der Waals surface area (Å²) < 4.78 is 0. The van der Waals surface area contributed by atoms with Crippen LogP contribution < -0.4 is 10.7 Å². The van der Waals surface area contributed by atoms with Gasteiger partial charge in [-0.15, -0.1) is 0 Å². The average molecular weight is 295 g/mol. The first kappa shape index (κ1) is 15.4. The molecule has 2 aromatic rings. The van der Waals surface area contributed by atoms with Crippen molar-refractivity contribution in [3.63, 3.8) is 0 Å². The van der Waals surface area contributed by atoms with Gasteiger partial charge in [0.2, 0.25) is 0 Å². The number of hydrogen-bond acceptors (Lipinski definition) is 3. The second-order valence-corrected chi connectivity index (χ2v) is 4.88. The number of anilines is 1. The molecule has 0 saturated heterocycles. The largest absolute Gasteiger partial charge is 0.329 e. The maximum Gasteiger partial charge on any atom is 0.329 e. The third-order valence-corrected chi connectivity index (χ3v) is 3.06. The fourth-order valence-corrected chi connectivity index (χ4v) is 1.76. The van der Waals surface area contributed by atoms with Gasteiger partial charge in [0.15, 0.2) is 0 Å². The first-order chi connectivity index (χ1) is 10.6. The molecular formula is C17H17N3O2. The van der Waals surface area contributed by atoms with Gasteiger partial charge in [0.1, 0.15) is 0 Å². The van der Waals surface area contributed by atoms with Crippen LogP contribution in [0.1, 0.15) is 16.7 Å². The Labute approximate surface area is 129 Å². The smallest absolute Gasteiger partial charge is 0.317 e. The Balaban J connectivity index is 1.90. The van der Waals surface area contributed by atoms with E-state index in [1.165, 1.54) is 6.21 Å². The van der Waals surface area contributed by atoms with E-state index in [1.807, 2.05) is 50.2 Å². The highest BCUT2D eigenvalue weighted by Crippen LogP contribution is 2.12. The van der Waals surface area contributed by atoms with E-state index in [4.69, 9.17) is 0 Å². The number of hydrazone groups is 1. The molecule has 0 radical (unpaired) electrons. The topological polar surface area (TPSA) is 70.6 Å². The van der Waals surface area contributed by atoms with Crippen LogP contribution in [0.5, 0.6) is 0 Å². The molecule has 0 aliphatic heterocycles. The van der Waals surface area contributed by atoms with Gasteiger partial charge < -0.3 is 5.32 Å². The van der Waals surface area contributed by atoms with Crippen molar-refractivity contribution >= 4 is 23.7 Å². The maximum atomic E-state index is 11.8. The van der Waals surface area contributed by atoms with Crippen LogP contribution in [0, 0.1) is 13.8 Å². The van der Waals surface area contributed by atoms with Gasteiger partial charge in [-0.2, -0.15) is 5.10 Å². The van der Waals surface area contributed by atoms with Crippen molar-refractivity contribution < 1.29 is 9.59 Å². The van der Waals surface area contributed by atoms with Crippen LogP contribution in [0.15, 0.2) is 53.6 Å². The molecule has 2 amide bonds. The van der Waals surface area contributed by atoms with Gasteiger partial charge in [-0.1, -0.05) is 48.0 Å². The van der Waals surface area contributed by atoms with Crippen LogP contribution in [0.3, 0.4) is 0 Å². The first-order valence-electron chi connectivity index (χ1n) is 6.83. The van der Waals surface area contributed by atoms with E-state index in [2.05, 4.69) is 15.8 Å². The summed E-state index contributed by atoms with van der Waals surface area (Å²) >= 11 is 0. The SMILES string of the molecule is Cc1ccc(C=NNC(=O)C(=O)Nc2ccccc2C)cc1. The summed E-state index contributed by atoms with van der Waals surface area (Å²) in [6.45, 7) is 3.83. The molecular weight excluding hydrogens is 278 g/mol. The molecule has 5 heteroatoms.